The van der Waals surface area contributed by atoms with Crippen molar-refractivity contribution in [2.75, 3.05) is 30.4 Å². The smallest absolute Gasteiger partial charge is 0.265 e. The number of anilines is 2. The van der Waals surface area contributed by atoms with Crippen LogP contribution in [0, 0.1) is 0 Å². The van der Waals surface area contributed by atoms with E-state index in [9.17, 15) is 4.79 Å². The molecule has 0 aromatic carbocycles. The highest BCUT2D eigenvalue weighted by atomic mass is 32.2. The van der Waals surface area contributed by atoms with Crippen LogP contribution in [0.15, 0.2) is 0 Å². The molecule has 7 heteroatoms. The molecule has 1 amide bonds. The third-order valence-electron chi connectivity index (χ3n) is 3.48. The first-order chi connectivity index (χ1) is 9.51. The molecule has 0 unspecified atom stereocenters. The number of hydrogen-bond acceptors (Lipinski definition) is 6. The minimum Gasteiger partial charge on any atom is -0.382 e. The SMILES string of the molecule is CCNc1nc(N)c(C(=O)NCC(CC)(CC)SC)s1. The number of hydrogen-bond donors (Lipinski definition) is 3. The Kier molecular flexibility index (Phi) is 6.61. The minimum atomic E-state index is -0.135. The maximum atomic E-state index is 12.2. The van der Waals surface area contributed by atoms with Gasteiger partial charge in [0.15, 0.2) is 5.13 Å². The van der Waals surface area contributed by atoms with E-state index in [0.717, 1.165) is 19.4 Å². The Bertz CT molecular complexity index is 435. The van der Waals surface area contributed by atoms with E-state index < -0.39 is 0 Å². The first-order valence-corrected chi connectivity index (χ1v) is 8.89. The lowest BCUT2D eigenvalue weighted by Gasteiger charge is -2.29. The predicted octanol–water partition coefficient (Wildman–Crippen LogP) is 2.81. The second kappa shape index (κ2) is 7.73. The summed E-state index contributed by atoms with van der Waals surface area (Å²) in [6.45, 7) is 7.68. The van der Waals surface area contributed by atoms with Gasteiger partial charge in [-0.2, -0.15) is 11.8 Å². The van der Waals surface area contributed by atoms with Crippen molar-refractivity contribution >= 4 is 40.0 Å². The number of aromatic nitrogens is 1. The highest BCUT2D eigenvalue weighted by Gasteiger charge is 2.26. The van der Waals surface area contributed by atoms with Crippen LogP contribution in [0.2, 0.25) is 0 Å². The predicted molar refractivity (Wildman–Crippen MR) is 89.9 cm³/mol. The van der Waals surface area contributed by atoms with Crippen molar-refractivity contribution < 1.29 is 4.79 Å². The monoisotopic (exact) mass is 316 g/mol. The second-order valence-corrected chi connectivity index (χ2v) is 6.81. The maximum Gasteiger partial charge on any atom is 0.265 e. The van der Waals surface area contributed by atoms with E-state index in [1.165, 1.54) is 11.3 Å². The Morgan fingerprint density at radius 3 is 2.55 bits per heavy atom. The maximum absolute atomic E-state index is 12.2. The van der Waals surface area contributed by atoms with E-state index >= 15 is 0 Å². The Morgan fingerprint density at radius 1 is 1.40 bits per heavy atom. The molecule has 0 saturated carbocycles. The molecule has 1 aromatic rings. The molecule has 0 bridgehead atoms. The largest absolute Gasteiger partial charge is 0.382 e. The molecule has 0 aliphatic heterocycles. The third kappa shape index (κ3) is 4.02. The molecule has 0 aliphatic rings. The van der Waals surface area contributed by atoms with Gasteiger partial charge < -0.3 is 16.4 Å². The molecule has 5 nitrogen and oxygen atoms in total. The molecule has 0 spiro atoms. The van der Waals surface area contributed by atoms with Gasteiger partial charge in [0.05, 0.1) is 0 Å². The molecular weight excluding hydrogens is 292 g/mol. The van der Waals surface area contributed by atoms with Crippen LogP contribution in [0.1, 0.15) is 43.3 Å². The zero-order chi connectivity index (χ0) is 15.2. The molecule has 1 aromatic heterocycles. The Balaban J connectivity index is 2.71. The van der Waals surface area contributed by atoms with Gasteiger partial charge in [-0.1, -0.05) is 25.2 Å². The van der Waals surface area contributed by atoms with Gasteiger partial charge >= 0.3 is 0 Å². The molecule has 1 rings (SSSR count). The van der Waals surface area contributed by atoms with E-state index in [2.05, 4.69) is 35.7 Å². The lowest BCUT2D eigenvalue weighted by Crippen LogP contribution is -2.39. The molecule has 114 valence electrons. The Morgan fingerprint density at radius 2 is 2.05 bits per heavy atom. The molecule has 0 fully saturated rings. The average molecular weight is 316 g/mol. The van der Waals surface area contributed by atoms with Crippen LogP contribution in [0.3, 0.4) is 0 Å². The van der Waals surface area contributed by atoms with E-state index in [-0.39, 0.29) is 10.7 Å². The number of nitrogens with one attached hydrogen (secondary N) is 2. The van der Waals surface area contributed by atoms with Crippen LogP contribution < -0.4 is 16.4 Å². The van der Waals surface area contributed by atoms with E-state index in [0.29, 0.717) is 22.4 Å². The number of thiazole rings is 1. The molecule has 0 saturated heterocycles. The summed E-state index contributed by atoms with van der Waals surface area (Å²) >= 11 is 3.10. The zero-order valence-corrected chi connectivity index (χ0v) is 14.2. The first-order valence-electron chi connectivity index (χ1n) is 6.85. The second-order valence-electron chi connectivity index (χ2n) is 4.54. The summed E-state index contributed by atoms with van der Waals surface area (Å²) in [6, 6.07) is 0. The highest BCUT2D eigenvalue weighted by Crippen LogP contribution is 2.30. The number of carbonyl (C=O) groups is 1. The number of nitrogens with two attached hydrogens (primary N) is 1. The fourth-order valence-electron chi connectivity index (χ4n) is 1.90. The van der Waals surface area contributed by atoms with Gasteiger partial charge in [0.25, 0.3) is 5.91 Å². The fraction of sp³-hybridized carbons (Fsp3) is 0.692. The zero-order valence-electron chi connectivity index (χ0n) is 12.6. The fourth-order valence-corrected chi connectivity index (χ4v) is 3.57. The topological polar surface area (TPSA) is 80.0 Å². The molecule has 0 aliphatic carbocycles. The number of carbonyl (C=O) groups excluding carboxylic acids is 1. The summed E-state index contributed by atoms with van der Waals surface area (Å²) in [6.07, 6.45) is 4.13. The van der Waals surface area contributed by atoms with E-state index in [1.54, 1.807) is 11.8 Å². The summed E-state index contributed by atoms with van der Waals surface area (Å²) in [5.74, 6) is 0.163. The van der Waals surface area contributed by atoms with E-state index in [1.807, 2.05) is 6.92 Å². The Hall–Kier alpha value is -0.950. The van der Waals surface area contributed by atoms with Crippen molar-refractivity contribution in [3.05, 3.63) is 4.88 Å². The average Bonchev–Trinajstić information content (AvgIpc) is 2.82. The lowest BCUT2D eigenvalue weighted by atomic mass is 10.0. The summed E-state index contributed by atoms with van der Waals surface area (Å²) in [7, 11) is 0. The summed E-state index contributed by atoms with van der Waals surface area (Å²) in [5, 5.41) is 6.76. The van der Waals surface area contributed by atoms with Crippen molar-refractivity contribution in [1.82, 2.24) is 10.3 Å². The molecule has 20 heavy (non-hydrogen) atoms. The van der Waals surface area contributed by atoms with Gasteiger partial charge in [-0.25, -0.2) is 4.98 Å². The van der Waals surface area contributed by atoms with Crippen LogP contribution in [0.4, 0.5) is 10.9 Å². The molecular formula is C13H24N4OS2. The normalized spacial score (nSPS) is 11.4. The van der Waals surface area contributed by atoms with Crippen LogP contribution in [-0.2, 0) is 0 Å². The summed E-state index contributed by atoms with van der Waals surface area (Å²) < 4.78 is 0.0968. The number of amides is 1. The number of rotatable bonds is 8. The summed E-state index contributed by atoms with van der Waals surface area (Å²) in [4.78, 5) is 16.9. The van der Waals surface area contributed by atoms with Gasteiger partial charge in [-0.15, -0.1) is 0 Å². The Labute approximate surface area is 129 Å². The van der Waals surface area contributed by atoms with Crippen LogP contribution in [0.5, 0.6) is 0 Å². The summed E-state index contributed by atoms with van der Waals surface area (Å²) in [5.41, 5.74) is 5.80. The van der Waals surface area contributed by atoms with Gasteiger partial charge in [-0.3, -0.25) is 4.79 Å². The van der Waals surface area contributed by atoms with Gasteiger partial charge in [0, 0.05) is 17.8 Å². The third-order valence-corrected chi connectivity index (χ3v) is 6.10. The van der Waals surface area contributed by atoms with E-state index in [4.69, 9.17) is 5.73 Å². The van der Waals surface area contributed by atoms with Crippen molar-refractivity contribution in [3.8, 4) is 0 Å². The molecule has 1 heterocycles. The minimum absolute atomic E-state index is 0.0968. The molecule has 4 N–H and O–H groups in total. The van der Waals surface area contributed by atoms with Gasteiger partial charge in [0.2, 0.25) is 0 Å². The number of nitrogens with zero attached hydrogens (tertiary/aromatic N) is 1. The van der Waals surface area contributed by atoms with Crippen molar-refractivity contribution in [2.24, 2.45) is 0 Å². The van der Waals surface area contributed by atoms with Gasteiger partial charge in [0.1, 0.15) is 10.7 Å². The first kappa shape index (κ1) is 17.1. The quantitative estimate of drug-likeness (QED) is 0.687. The van der Waals surface area contributed by atoms with Crippen molar-refractivity contribution in [1.29, 1.82) is 0 Å². The number of thioether (sulfide) groups is 1. The standard InChI is InChI=1S/C13H24N4OS2/c1-5-13(6-2,19-4)8-16-11(18)9-10(14)17-12(20-9)15-7-3/h5-8,14H2,1-4H3,(H,15,17)(H,16,18). The van der Waals surface area contributed by atoms with Gasteiger partial charge in [-0.05, 0) is 26.0 Å². The highest BCUT2D eigenvalue weighted by molar-refractivity contribution is 8.00. The van der Waals surface area contributed by atoms with Crippen molar-refractivity contribution in [2.45, 2.75) is 38.4 Å². The van der Waals surface area contributed by atoms with Crippen LogP contribution in [-0.4, -0.2) is 35.0 Å². The van der Waals surface area contributed by atoms with Crippen LogP contribution >= 0.6 is 23.1 Å². The van der Waals surface area contributed by atoms with Crippen molar-refractivity contribution in [3.63, 3.8) is 0 Å². The lowest BCUT2D eigenvalue weighted by molar-refractivity contribution is 0.0953. The van der Waals surface area contributed by atoms with Crippen LogP contribution in [0.25, 0.3) is 0 Å². The molecule has 0 radical (unpaired) electrons. The number of nitrogen functional groups attached to an aromatic ring is 1. The molecule has 0 atom stereocenters.